The van der Waals surface area contributed by atoms with Crippen LogP contribution in [0.2, 0.25) is 0 Å². The molecule has 0 aliphatic heterocycles. The highest BCUT2D eigenvalue weighted by Crippen LogP contribution is 2.30. The van der Waals surface area contributed by atoms with Gasteiger partial charge in [0.25, 0.3) is 0 Å². The van der Waals surface area contributed by atoms with Crippen LogP contribution >= 0.6 is 34.5 Å². The third-order valence-corrected chi connectivity index (χ3v) is 19.1. The van der Waals surface area contributed by atoms with Crippen LogP contribution in [-0.2, 0) is 58.3 Å². The number of ketones is 1. The van der Waals surface area contributed by atoms with Crippen molar-refractivity contribution < 1.29 is 14.0 Å². The molecule has 0 unspecified atom stereocenters. The molecule has 756 valence electrons. The monoisotopic (exact) mass is 1920 g/mol. The van der Waals surface area contributed by atoms with Crippen LogP contribution in [0.4, 0.5) is 0 Å². The second-order valence-electron chi connectivity index (χ2n) is 42.8. The van der Waals surface area contributed by atoms with Gasteiger partial charge in [0.2, 0.25) is 5.91 Å². The summed E-state index contributed by atoms with van der Waals surface area (Å²) in [7, 11) is 0. The third kappa shape index (κ3) is 88.2. The van der Waals surface area contributed by atoms with Crippen molar-refractivity contribution in [2.24, 2.45) is 17.6 Å². The summed E-state index contributed by atoms with van der Waals surface area (Å²) in [5.74, 6) is 3.64. The molecule has 13 aromatic rings. The number of thiophene rings is 1. The fraction of sp³-hybridized carbons (Fsp3) is 0.432. The average Bonchev–Trinajstić information content (AvgIpc) is 1.71. The molecule has 13 rings (SSSR count). The number of hydrogen-bond donors (Lipinski definition) is 1. The average molecular weight is 1930 g/mol. The van der Waals surface area contributed by atoms with Crippen LogP contribution in [0, 0.1) is 39.5 Å². The van der Waals surface area contributed by atoms with E-state index in [1.54, 1.807) is 38.0 Å². The van der Waals surface area contributed by atoms with Crippen molar-refractivity contribution in [3.63, 3.8) is 0 Å². The highest BCUT2D eigenvalue weighted by atomic mass is 35.5. The molecule has 0 radical (unpaired) electrons. The highest BCUT2D eigenvalue weighted by molar-refractivity contribution is 7.12. The molecule has 6 heterocycles. The number of pyridine rings is 3. The van der Waals surface area contributed by atoms with Crippen molar-refractivity contribution in [1.29, 1.82) is 0 Å². The summed E-state index contributed by atoms with van der Waals surface area (Å²) in [6.07, 6.45) is 19.5. The molecule has 1 amide bonds. The molecular formula is C125H188Cl2N6O3S. The van der Waals surface area contributed by atoms with Crippen LogP contribution in [0.1, 0.15) is 327 Å². The second-order valence-corrected chi connectivity index (χ2v) is 44.0. The number of primary amides is 1. The van der Waals surface area contributed by atoms with Crippen molar-refractivity contribution in [2.45, 2.75) is 332 Å². The number of carbonyl (C=O) groups excluding carboxylic acids is 2. The predicted octanol–water partition coefficient (Wildman–Crippen LogP) is 37.0. The number of halogens is 2. The number of carbonyl (C=O) groups is 2. The van der Waals surface area contributed by atoms with Crippen LogP contribution < -0.4 is 5.73 Å². The van der Waals surface area contributed by atoms with Gasteiger partial charge < -0.3 is 14.9 Å². The van der Waals surface area contributed by atoms with Gasteiger partial charge >= 0.3 is 0 Å². The Labute approximate surface area is 853 Å². The number of aryl methyl sites for hydroxylation is 4. The Kier molecular flexibility index (Phi) is 77.9. The minimum Gasteiger partial charge on any atom is -0.466 e. The van der Waals surface area contributed by atoms with Crippen molar-refractivity contribution >= 4 is 46.2 Å². The normalized spacial score (nSPS) is 10.3. The minimum atomic E-state index is -0.333. The van der Waals surface area contributed by atoms with Gasteiger partial charge in [-0.15, -0.1) is 34.5 Å². The molecule has 12 heteroatoms. The smallest absolute Gasteiger partial charge is 0.214 e. The lowest BCUT2D eigenvalue weighted by Gasteiger charge is -2.18. The van der Waals surface area contributed by atoms with Crippen LogP contribution in [0.5, 0.6) is 0 Å². The van der Waals surface area contributed by atoms with Gasteiger partial charge in [-0.2, -0.15) is 0 Å². The molecule has 0 fully saturated rings. The van der Waals surface area contributed by atoms with Crippen LogP contribution in [0.15, 0.2) is 345 Å². The van der Waals surface area contributed by atoms with E-state index in [0.29, 0.717) is 38.9 Å². The highest BCUT2D eigenvalue weighted by Gasteiger charge is 2.19. The van der Waals surface area contributed by atoms with Gasteiger partial charge in [0.05, 0.1) is 0 Å². The van der Waals surface area contributed by atoms with Crippen molar-refractivity contribution in [3.8, 4) is 0 Å². The van der Waals surface area contributed by atoms with Gasteiger partial charge in [0, 0.05) is 90.9 Å². The number of hydrogen-bond acceptors (Lipinski definition) is 9. The van der Waals surface area contributed by atoms with E-state index in [9.17, 15) is 9.59 Å². The second kappa shape index (κ2) is 77.7. The first-order chi connectivity index (χ1) is 63.5. The number of rotatable bonds is 1. The van der Waals surface area contributed by atoms with Gasteiger partial charge in [-0.25, -0.2) is 9.97 Å². The van der Waals surface area contributed by atoms with Crippen LogP contribution in [0.25, 0.3) is 0 Å². The Morgan fingerprint density at radius 2 is 0.504 bits per heavy atom. The van der Waals surface area contributed by atoms with Crippen molar-refractivity contribution in [1.82, 2.24) is 24.9 Å². The van der Waals surface area contributed by atoms with E-state index < -0.39 is 0 Å². The zero-order valence-corrected chi connectivity index (χ0v) is 95.7. The molecule has 0 aliphatic rings. The fourth-order valence-electron chi connectivity index (χ4n) is 9.60. The number of amides is 1. The molecule has 7 aromatic carbocycles. The Hall–Kier alpha value is -10.2. The van der Waals surface area contributed by atoms with Crippen LogP contribution in [0.3, 0.4) is 0 Å². The van der Waals surface area contributed by atoms with Gasteiger partial charge in [-0.3, -0.25) is 19.7 Å². The molecule has 9 nitrogen and oxygen atoms in total. The van der Waals surface area contributed by atoms with Gasteiger partial charge in [-0.1, -0.05) is 471 Å². The van der Waals surface area contributed by atoms with E-state index in [2.05, 4.69) is 503 Å². The Balaban J connectivity index is -0.000000334. The Morgan fingerprint density at radius 1 is 0.292 bits per heavy atom. The van der Waals surface area contributed by atoms with Crippen LogP contribution in [-0.4, -0.2) is 49.4 Å². The lowest BCUT2D eigenvalue weighted by Crippen LogP contribution is -2.11. The maximum Gasteiger partial charge on any atom is 0.214 e. The fourth-order valence-corrected chi connectivity index (χ4v) is 10.5. The molecule has 137 heavy (non-hydrogen) atoms. The van der Waals surface area contributed by atoms with E-state index in [1.165, 1.54) is 79.5 Å². The van der Waals surface area contributed by atoms with Crippen molar-refractivity contribution in [2.75, 3.05) is 12.8 Å². The number of aromatic nitrogens is 5. The van der Waals surface area contributed by atoms with Crippen molar-refractivity contribution in [3.05, 3.63) is 412 Å². The van der Waals surface area contributed by atoms with E-state index in [1.807, 2.05) is 135 Å². The summed E-state index contributed by atoms with van der Waals surface area (Å²) in [6, 6.07) is 97.3. The summed E-state index contributed by atoms with van der Waals surface area (Å²) >= 11 is 11.2. The Morgan fingerprint density at radius 3 is 0.613 bits per heavy atom. The predicted molar refractivity (Wildman–Crippen MR) is 611 cm³/mol. The van der Waals surface area contributed by atoms with Gasteiger partial charge in [-0.05, 0) is 189 Å². The number of benzene rings is 7. The number of alkyl halides is 2. The van der Waals surface area contributed by atoms with E-state index in [0.717, 1.165) is 23.4 Å². The largest absolute Gasteiger partial charge is 0.466 e. The number of Topliss-reactive ketones (excluding diaryl/α,β-unsaturated/α-hetero) is 1. The maximum atomic E-state index is 9.81. The van der Waals surface area contributed by atoms with Gasteiger partial charge in [0.15, 0.2) is 0 Å². The third-order valence-electron chi connectivity index (χ3n) is 17.6. The molecule has 2 N–H and O–H groups in total. The molecular weight excluding hydrogens is 1740 g/mol. The SMILES string of the molecule is CC(C)(C)c1ccccc1.CC(C)(C)c1ccccc1.CC(C)(C)c1ccccc1.CC(C)(C)c1ccccc1.CC(C)(C)c1ccccc1.CC(C)(C)c1ccncc1.CC(C)(C)c1cncnc1.CC(C)C.CC(C)C.CC(N)=O.CCC(C)=O.CCl.CCl.Cc1ccc(C(C)(C)C)o1.Cc1ccc(C(C)(C)C)s1.Cc1ccccc1.Cc1ccccc1.c1ccncc1.c1ccncc1. The zero-order chi connectivity index (χ0) is 107. The first kappa shape index (κ1) is 137. The molecule has 0 saturated carbocycles. The molecule has 0 saturated heterocycles. The molecule has 0 spiro atoms. The van der Waals surface area contributed by atoms with E-state index in [-0.39, 0.29) is 27.9 Å². The van der Waals surface area contributed by atoms with E-state index in [4.69, 9.17) is 4.42 Å². The first-order valence-electron chi connectivity index (χ1n) is 47.8. The number of furan rings is 1. The van der Waals surface area contributed by atoms with Gasteiger partial charge in [0.1, 0.15) is 23.6 Å². The molecule has 0 aliphatic carbocycles. The molecule has 0 atom stereocenters. The zero-order valence-electron chi connectivity index (χ0n) is 93.4. The summed E-state index contributed by atoms with van der Waals surface area (Å²) in [5.41, 5.74) is 19.0. The minimum absolute atomic E-state index is 0.147. The summed E-state index contributed by atoms with van der Waals surface area (Å²) < 4.78 is 5.45. The quantitative estimate of drug-likeness (QED) is 0.160. The first-order valence-corrected chi connectivity index (χ1v) is 50.1. The summed E-state index contributed by atoms with van der Waals surface area (Å²) in [4.78, 5) is 41.3. The Bertz CT molecular complexity index is 4130. The lowest BCUT2D eigenvalue weighted by atomic mass is 9.87. The summed E-state index contributed by atoms with van der Waals surface area (Å²) in [6.45, 7) is 85.6. The summed E-state index contributed by atoms with van der Waals surface area (Å²) in [5, 5.41) is 0. The lowest BCUT2D eigenvalue weighted by molar-refractivity contribution is -0.117. The number of nitrogens with zero attached hydrogens (tertiary/aromatic N) is 5. The standard InChI is InChI=1S/5C10H14.C9H13N.C9H14O.C9H14S.C8H12N2.2C7H8.2C5H5N.C4H8O.2C4H10.C2H5NO.2CH3Cl/c5*1-10(2,3)9-7-5-4-6-8-9;1-9(2,3)8-4-6-10-7-5-8;2*1-7-5-6-8(10-7)9(2,3)4;1-8(2,3)7-4-9-6-10-5-7;2*1-7-5-3-2-4-6-7;2*1-2-4-6-5-3-1;1-3-4(2)5;2*1-4(2)3;1-2(3)4;2*1-2/h5*4-8H,1-3H3;4-7H,1-3H3;2*5-6H,1-4H3;4-6H,1-3H3;2*2-6H,1H3;2*1-5H;3H2,1-2H3;2*4H,1-3H3;1H3,(H2,3,4);2*1H3. The van der Waals surface area contributed by atoms with E-state index >= 15 is 0 Å². The maximum absolute atomic E-state index is 9.81. The molecule has 6 aromatic heterocycles. The molecule has 0 bridgehead atoms. The number of nitrogens with two attached hydrogens (primary N) is 1. The topological polar surface area (TPSA) is 138 Å².